The van der Waals surface area contributed by atoms with Crippen LogP contribution >= 0.6 is 11.3 Å². The molecule has 1 heterocycles. The summed E-state index contributed by atoms with van der Waals surface area (Å²) in [5.74, 6) is -3.47. The van der Waals surface area contributed by atoms with Crippen LogP contribution < -0.4 is 10.0 Å². The van der Waals surface area contributed by atoms with Gasteiger partial charge in [0, 0.05) is 6.07 Å². The van der Waals surface area contributed by atoms with Crippen molar-refractivity contribution in [2.45, 2.75) is 11.4 Å². The summed E-state index contributed by atoms with van der Waals surface area (Å²) >= 11 is 0.758. The predicted octanol–water partition coefficient (Wildman–Crippen LogP) is 2.69. The molecule has 7 nitrogen and oxygen atoms in total. The normalized spacial score (nSPS) is 11.4. The van der Waals surface area contributed by atoms with Gasteiger partial charge in [-0.15, -0.1) is 10.2 Å². The number of hydrogen-bond acceptors (Lipinski definition) is 6. The van der Waals surface area contributed by atoms with Crippen LogP contribution in [0.25, 0.3) is 0 Å². The summed E-state index contributed by atoms with van der Waals surface area (Å²) in [5.41, 5.74) is -0.247. The van der Waals surface area contributed by atoms with Crippen molar-refractivity contribution in [3.63, 3.8) is 0 Å². The molecule has 146 valence electrons. The maximum atomic E-state index is 13.6. The van der Waals surface area contributed by atoms with E-state index in [2.05, 4.69) is 20.2 Å². The van der Waals surface area contributed by atoms with Crippen LogP contribution in [0.1, 0.15) is 14.8 Å². The van der Waals surface area contributed by atoms with Crippen LogP contribution in [0.4, 0.5) is 18.9 Å². The van der Waals surface area contributed by atoms with Crippen LogP contribution in [0.15, 0.2) is 47.4 Å². The topological polar surface area (TPSA) is 101 Å². The number of benzene rings is 2. The molecule has 0 atom stereocenters. The standard InChI is InChI=1S/C16H11F3N4O3S2/c17-9-5-6-12(11(19)7-9)21-15(24)16-23-22-14(27-16)8-20-28(25,26)13-4-2-1-3-10(13)18/h1-7,20H,8H2,(H,21,24). The number of halogens is 3. The highest BCUT2D eigenvalue weighted by Crippen LogP contribution is 2.18. The molecule has 1 aromatic heterocycles. The first kappa shape index (κ1) is 19.9. The molecule has 2 N–H and O–H groups in total. The third-order valence-corrected chi connectivity index (χ3v) is 5.74. The minimum Gasteiger partial charge on any atom is -0.317 e. The van der Waals surface area contributed by atoms with Crippen LogP contribution in [0, 0.1) is 17.5 Å². The molecular formula is C16H11F3N4O3S2. The SMILES string of the molecule is O=C(Nc1ccc(F)cc1F)c1nnc(CNS(=O)(=O)c2ccccc2F)s1. The van der Waals surface area contributed by atoms with E-state index in [4.69, 9.17) is 0 Å². The molecule has 12 heteroatoms. The maximum Gasteiger partial charge on any atom is 0.286 e. The van der Waals surface area contributed by atoms with Crippen molar-refractivity contribution in [1.29, 1.82) is 0 Å². The first-order chi connectivity index (χ1) is 13.3. The van der Waals surface area contributed by atoms with E-state index in [9.17, 15) is 26.4 Å². The van der Waals surface area contributed by atoms with Crippen LogP contribution in [-0.2, 0) is 16.6 Å². The molecule has 0 saturated carbocycles. The summed E-state index contributed by atoms with van der Waals surface area (Å²) in [7, 11) is -4.13. The minimum absolute atomic E-state index is 0.129. The van der Waals surface area contributed by atoms with E-state index in [1.54, 1.807) is 0 Å². The number of nitrogens with one attached hydrogen (secondary N) is 2. The Labute approximate surface area is 161 Å². The quantitative estimate of drug-likeness (QED) is 0.629. The zero-order valence-electron chi connectivity index (χ0n) is 13.8. The second kappa shape index (κ2) is 8.04. The molecule has 0 bridgehead atoms. The summed E-state index contributed by atoms with van der Waals surface area (Å²) in [5, 5.41) is 9.45. The van der Waals surface area contributed by atoms with Crippen LogP contribution in [-0.4, -0.2) is 24.5 Å². The molecule has 28 heavy (non-hydrogen) atoms. The fourth-order valence-electron chi connectivity index (χ4n) is 2.08. The molecule has 0 fully saturated rings. The lowest BCUT2D eigenvalue weighted by Crippen LogP contribution is -2.24. The predicted molar refractivity (Wildman–Crippen MR) is 94.6 cm³/mol. The summed E-state index contributed by atoms with van der Waals surface area (Å²) < 4.78 is 66.5. The Hall–Kier alpha value is -2.83. The van der Waals surface area contributed by atoms with Gasteiger partial charge in [0.1, 0.15) is 27.4 Å². The van der Waals surface area contributed by atoms with Gasteiger partial charge in [-0.05, 0) is 24.3 Å². The number of carbonyl (C=O) groups is 1. The van der Waals surface area contributed by atoms with Gasteiger partial charge in [-0.25, -0.2) is 26.3 Å². The van der Waals surface area contributed by atoms with Gasteiger partial charge in [-0.2, -0.15) is 0 Å². The Balaban J connectivity index is 1.67. The number of rotatable bonds is 6. The molecule has 0 aliphatic heterocycles. The van der Waals surface area contributed by atoms with Gasteiger partial charge in [0.05, 0.1) is 12.2 Å². The van der Waals surface area contributed by atoms with Crippen LogP contribution in [0.3, 0.4) is 0 Å². The lowest BCUT2D eigenvalue weighted by molar-refractivity contribution is 0.102. The fourth-order valence-corrected chi connectivity index (χ4v) is 3.91. The number of hydrogen-bond donors (Lipinski definition) is 2. The average molecular weight is 428 g/mol. The molecule has 0 aliphatic carbocycles. The molecule has 3 aromatic rings. The molecule has 3 rings (SSSR count). The number of carbonyl (C=O) groups excluding carboxylic acids is 1. The average Bonchev–Trinajstić information content (AvgIpc) is 3.12. The van der Waals surface area contributed by atoms with E-state index in [1.807, 2.05) is 0 Å². The largest absolute Gasteiger partial charge is 0.317 e. The van der Waals surface area contributed by atoms with Crippen molar-refractivity contribution >= 4 is 33.0 Å². The lowest BCUT2D eigenvalue weighted by Gasteiger charge is -2.05. The summed E-state index contributed by atoms with van der Waals surface area (Å²) in [6.45, 7) is -0.327. The van der Waals surface area contributed by atoms with E-state index in [0.717, 1.165) is 35.6 Å². The Morgan fingerprint density at radius 2 is 1.79 bits per heavy atom. The third kappa shape index (κ3) is 4.52. The van der Waals surface area contributed by atoms with Crippen molar-refractivity contribution in [3.05, 3.63) is 69.9 Å². The number of anilines is 1. The summed E-state index contributed by atoms with van der Waals surface area (Å²) in [6, 6.07) is 7.48. The second-order valence-corrected chi connectivity index (χ2v) is 8.13. The highest BCUT2D eigenvalue weighted by atomic mass is 32.2. The highest BCUT2D eigenvalue weighted by molar-refractivity contribution is 7.89. The molecule has 1 amide bonds. The Morgan fingerprint density at radius 3 is 2.50 bits per heavy atom. The van der Waals surface area contributed by atoms with Gasteiger partial charge in [0.15, 0.2) is 0 Å². The first-order valence-electron chi connectivity index (χ1n) is 7.59. The summed E-state index contributed by atoms with van der Waals surface area (Å²) in [4.78, 5) is 11.6. The molecule has 0 aliphatic rings. The highest BCUT2D eigenvalue weighted by Gasteiger charge is 2.20. The van der Waals surface area contributed by atoms with Crippen molar-refractivity contribution in [2.75, 3.05) is 5.32 Å². The molecule has 0 spiro atoms. The second-order valence-electron chi connectivity index (χ2n) is 5.33. The zero-order valence-corrected chi connectivity index (χ0v) is 15.5. The molecular weight excluding hydrogens is 417 g/mol. The van der Waals surface area contributed by atoms with Gasteiger partial charge in [0.25, 0.3) is 5.91 Å². The van der Waals surface area contributed by atoms with Crippen molar-refractivity contribution in [1.82, 2.24) is 14.9 Å². The fraction of sp³-hybridized carbons (Fsp3) is 0.0625. The van der Waals surface area contributed by atoms with Crippen molar-refractivity contribution in [2.24, 2.45) is 0 Å². The van der Waals surface area contributed by atoms with Crippen molar-refractivity contribution in [3.8, 4) is 0 Å². The van der Waals surface area contributed by atoms with E-state index in [1.165, 1.54) is 12.1 Å². The third-order valence-electron chi connectivity index (χ3n) is 3.38. The van der Waals surface area contributed by atoms with E-state index in [-0.39, 0.29) is 22.2 Å². The number of nitrogens with zero attached hydrogens (tertiary/aromatic N) is 2. The molecule has 0 radical (unpaired) electrons. The molecule has 2 aromatic carbocycles. The smallest absolute Gasteiger partial charge is 0.286 e. The number of sulfonamides is 1. The van der Waals surface area contributed by atoms with Gasteiger partial charge in [0.2, 0.25) is 15.0 Å². The molecule has 0 saturated heterocycles. The Bertz CT molecular complexity index is 1140. The van der Waals surface area contributed by atoms with Gasteiger partial charge in [-0.1, -0.05) is 23.5 Å². The van der Waals surface area contributed by atoms with Crippen molar-refractivity contribution < 1.29 is 26.4 Å². The maximum absolute atomic E-state index is 13.6. The van der Waals surface area contributed by atoms with Gasteiger partial charge in [-0.3, -0.25) is 4.79 Å². The van der Waals surface area contributed by atoms with Gasteiger partial charge >= 0.3 is 0 Å². The van der Waals surface area contributed by atoms with E-state index < -0.39 is 38.3 Å². The van der Waals surface area contributed by atoms with Crippen LogP contribution in [0.2, 0.25) is 0 Å². The Morgan fingerprint density at radius 1 is 1.04 bits per heavy atom. The molecule has 0 unspecified atom stereocenters. The van der Waals surface area contributed by atoms with Gasteiger partial charge < -0.3 is 5.32 Å². The zero-order chi connectivity index (χ0) is 20.3. The first-order valence-corrected chi connectivity index (χ1v) is 9.89. The lowest BCUT2D eigenvalue weighted by atomic mass is 10.3. The summed E-state index contributed by atoms with van der Waals surface area (Å²) in [6.07, 6.45) is 0. The Kier molecular flexibility index (Phi) is 5.72. The minimum atomic E-state index is -4.13. The van der Waals surface area contributed by atoms with Crippen LogP contribution in [0.5, 0.6) is 0 Å². The monoisotopic (exact) mass is 428 g/mol. The van der Waals surface area contributed by atoms with E-state index >= 15 is 0 Å². The van der Waals surface area contributed by atoms with E-state index in [0.29, 0.717) is 6.07 Å². The number of amides is 1. The number of aromatic nitrogens is 2.